The molecule has 0 aromatic heterocycles. The topological polar surface area (TPSA) is 12.4 Å². The lowest BCUT2D eigenvalue weighted by molar-refractivity contribution is 0.717. The smallest absolute Gasteiger partial charge is 0.0793 e. The highest BCUT2D eigenvalue weighted by atomic mass is 14.8. The van der Waals surface area contributed by atoms with Crippen LogP contribution in [0.15, 0.2) is 53.5 Å². The number of rotatable bonds is 1. The molecule has 1 aliphatic rings. The third kappa shape index (κ3) is 1.89. The lowest BCUT2D eigenvalue weighted by atomic mass is 9.97. The van der Waals surface area contributed by atoms with Crippen LogP contribution in [-0.2, 0) is 0 Å². The maximum absolute atomic E-state index is 4.85. The fourth-order valence-corrected chi connectivity index (χ4v) is 2.39. The Morgan fingerprint density at radius 3 is 2.65 bits per heavy atom. The van der Waals surface area contributed by atoms with Gasteiger partial charge in [-0.1, -0.05) is 48.5 Å². The molecule has 17 heavy (non-hydrogen) atoms. The van der Waals surface area contributed by atoms with E-state index in [1.165, 1.54) is 16.3 Å². The van der Waals surface area contributed by atoms with Crippen LogP contribution < -0.4 is 10.6 Å². The Morgan fingerprint density at radius 1 is 1.00 bits per heavy atom. The van der Waals surface area contributed by atoms with Crippen LogP contribution in [0.2, 0.25) is 0 Å². The molecular weight excluding hydrogens is 206 g/mol. The first-order valence-electron chi connectivity index (χ1n) is 6.03. The van der Waals surface area contributed by atoms with Crippen molar-refractivity contribution in [3.8, 4) is 0 Å². The second-order valence-corrected chi connectivity index (χ2v) is 4.50. The molecule has 0 aliphatic carbocycles. The fraction of sp³-hybridized carbons (Fsp3) is 0.188. The molecule has 0 bridgehead atoms. The van der Waals surface area contributed by atoms with Gasteiger partial charge in [-0.2, -0.15) is 0 Å². The molecule has 0 saturated heterocycles. The molecule has 1 heteroatoms. The van der Waals surface area contributed by atoms with Gasteiger partial charge in [-0.3, -0.25) is 4.99 Å². The first-order chi connectivity index (χ1) is 8.34. The SMILES string of the molecule is Cc1ccccc1C1CC=c2ccccc2=N1. The summed E-state index contributed by atoms with van der Waals surface area (Å²) in [5, 5.41) is 2.38. The molecule has 3 rings (SSSR count). The normalized spacial score (nSPS) is 17.8. The van der Waals surface area contributed by atoms with Crippen molar-refractivity contribution in [3.63, 3.8) is 0 Å². The van der Waals surface area contributed by atoms with Crippen LogP contribution >= 0.6 is 0 Å². The molecule has 1 nitrogen and oxygen atoms in total. The molecule has 0 fully saturated rings. The molecule has 2 aromatic carbocycles. The zero-order valence-corrected chi connectivity index (χ0v) is 9.93. The molecule has 0 amide bonds. The summed E-state index contributed by atoms with van der Waals surface area (Å²) < 4.78 is 0. The van der Waals surface area contributed by atoms with E-state index in [4.69, 9.17) is 4.99 Å². The van der Waals surface area contributed by atoms with Crippen molar-refractivity contribution in [2.24, 2.45) is 4.99 Å². The molecule has 0 spiro atoms. The Kier molecular flexibility index (Phi) is 2.52. The summed E-state index contributed by atoms with van der Waals surface area (Å²) in [6.07, 6.45) is 3.29. The molecular formula is C16H15N. The molecule has 1 unspecified atom stereocenters. The molecule has 84 valence electrons. The van der Waals surface area contributed by atoms with Gasteiger partial charge >= 0.3 is 0 Å². The highest BCUT2D eigenvalue weighted by molar-refractivity contribution is 5.35. The number of hydrogen-bond acceptors (Lipinski definition) is 1. The molecule has 0 saturated carbocycles. The zero-order valence-electron chi connectivity index (χ0n) is 9.93. The number of aryl methyl sites for hydroxylation is 1. The summed E-state index contributed by atoms with van der Waals surface area (Å²) in [4.78, 5) is 4.85. The number of fused-ring (bicyclic) bond motifs is 1. The Balaban J connectivity index is 2.10. The largest absolute Gasteiger partial charge is 0.276 e. The van der Waals surface area contributed by atoms with E-state index in [0.717, 1.165) is 11.8 Å². The van der Waals surface area contributed by atoms with E-state index in [-0.39, 0.29) is 6.04 Å². The quantitative estimate of drug-likeness (QED) is 0.701. The van der Waals surface area contributed by atoms with Crippen LogP contribution in [0, 0.1) is 6.92 Å². The Labute approximate surface area is 101 Å². The molecule has 1 aliphatic heterocycles. The van der Waals surface area contributed by atoms with E-state index >= 15 is 0 Å². The van der Waals surface area contributed by atoms with Gasteiger partial charge < -0.3 is 0 Å². The maximum Gasteiger partial charge on any atom is 0.0793 e. The number of nitrogens with zero attached hydrogens (tertiary/aromatic N) is 1. The van der Waals surface area contributed by atoms with E-state index in [0.29, 0.717) is 0 Å². The minimum atomic E-state index is 0.283. The minimum Gasteiger partial charge on any atom is -0.276 e. The maximum atomic E-state index is 4.85. The summed E-state index contributed by atoms with van der Waals surface area (Å²) in [5.41, 5.74) is 2.67. The van der Waals surface area contributed by atoms with Crippen LogP contribution in [0.25, 0.3) is 6.08 Å². The Morgan fingerprint density at radius 2 is 1.76 bits per heavy atom. The van der Waals surface area contributed by atoms with Crippen LogP contribution in [0.1, 0.15) is 23.6 Å². The predicted octanol–water partition coefficient (Wildman–Crippen LogP) is 2.54. The van der Waals surface area contributed by atoms with Crippen molar-refractivity contribution in [2.45, 2.75) is 19.4 Å². The van der Waals surface area contributed by atoms with Crippen molar-refractivity contribution in [1.29, 1.82) is 0 Å². The van der Waals surface area contributed by atoms with Crippen LogP contribution in [0.5, 0.6) is 0 Å². The summed E-state index contributed by atoms with van der Waals surface area (Å²) in [6, 6.07) is 17.2. The molecule has 2 aromatic rings. The third-order valence-corrected chi connectivity index (χ3v) is 3.34. The van der Waals surface area contributed by atoms with Crippen LogP contribution in [-0.4, -0.2) is 0 Å². The number of hydrogen-bond donors (Lipinski definition) is 0. The standard InChI is InChI=1S/C16H15N/c1-12-6-2-4-8-14(12)16-11-10-13-7-3-5-9-15(13)17-16/h2-10,16H,11H2,1H3. The van der Waals surface area contributed by atoms with Crippen molar-refractivity contribution in [1.82, 2.24) is 0 Å². The van der Waals surface area contributed by atoms with Gasteiger partial charge in [0.05, 0.1) is 11.4 Å². The molecule has 0 radical (unpaired) electrons. The van der Waals surface area contributed by atoms with Gasteiger partial charge in [0.15, 0.2) is 0 Å². The molecule has 1 heterocycles. The van der Waals surface area contributed by atoms with Gasteiger partial charge in [0.25, 0.3) is 0 Å². The fourth-order valence-electron chi connectivity index (χ4n) is 2.39. The monoisotopic (exact) mass is 221 g/mol. The molecule has 1 atom stereocenters. The summed E-state index contributed by atoms with van der Waals surface area (Å²) in [7, 11) is 0. The average Bonchev–Trinajstić information content (AvgIpc) is 2.39. The van der Waals surface area contributed by atoms with Crippen molar-refractivity contribution >= 4 is 6.08 Å². The van der Waals surface area contributed by atoms with E-state index in [1.807, 2.05) is 0 Å². The van der Waals surface area contributed by atoms with Gasteiger partial charge in [0.2, 0.25) is 0 Å². The third-order valence-electron chi connectivity index (χ3n) is 3.34. The van der Waals surface area contributed by atoms with Gasteiger partial charge in [0, 0.05) is 0 Å². The summed E-state index contributed by atoms with van der Waals surface area (Å²) in [6.45, 7) is 2.16. The van der Waals surface area contributed by atoms with Gasteiger partial charge in [-0.25, -0.2) is 0 Å². The van der Waals surface area contributed by atoms with Crippen LogP contribution in [0.4, 0.5) is 0 Å². The van der Waals surface area contributed by atoms with Gasteiger partial charge in [-0.15, -0.1) is 0 Å². The zero-order chi connectivity index (χ0) is 11.7. The number of benzene rings is 2. The first kappa shape index (κ1) is 10.3. The van der Waals surface area contributed by atoms with Crippen LogP contribution in [0.3, 0.4) is 0 Å². The first-order valence-corrected chi connectivity index (χ1v) is 6.03. The van der Waals surface area contributed by atoms with Crippen molar-refractivity contribution < 1.29 is 0 Å². The number of para-hydroxylation sites is 1. The van der Waals surface area contributed by atoms with E-state index in [2.05, 4.69) is 61.5 Å². The Bertz CT molecular complexity index is 655. The second kappa shape index (κ2) is 4.17. The van der Waals surface area contributed by atoms with Gasteiger partial charge in [-0.05, 0) is 35.8 Å². The minimum absolute atomic E-state index is 0.283. The van der Waals surface area contributed by atoms with Gasteiger partial charge in [0.1, 0.15) is 0 Å². The highest BCUT2D eigenvalue weighted by Crippen LogP contribution is 2.24. The summed E-state index contributed by atoms with van der Waals surface area (Å²) in [5.74, 6) is 0. The van der Waals surface area contributed by atoms with E-state index in [9.17, 15) is 0 Å². The average molecular weight is 221 g/mol. The summed E-state index contributed by atoms with van der Waals surface area (Å²) >= 11 is 0. The lowest BCUT2D eigenvalue weighted by Crippen LogP contribution is -2.28. The van der Waals surface area contributed by atoms with Crippen molar-refractivity contribution in [2.75, 3.05) is 0 Å². The van der Waals surface area contributed by atoms with Crippen molar-refractivity contribution in [3.05, 3.63) is 70.2 Å². The molecule has 0 N–H and O–H groups in total. The lowest BCUT2D eigenvalue weighted by Gasteiger charge is -2.16. The van der Waals surface area contributed by atoms with E-state index < -0.39 is 0 Å². The van der Waals surface area contributed by atoms with E-state index in [1.54, 1.807) is 0 Å². The highest BCUT2D eigenvalue weighted by Gasteiger charge is 2.12. The Hall–Kier alpha value is -1.89. The second-order valence-electron chi connectivity index (χ2n) is 4.50. The predicted molar refractivity (Wildman–Crippen MR) is 70.2 cm³/mol.